The zero-order valence-electron chi connectivity index (χ0n) is 14.5. The maximum atomic E-state index is 12.4. The van der Waals surface area contributed by atoms with E-state index in [0.717, 1.165) is 21.7 Å². The monoisotopic (exact) mass is 339 g/mol. The third-order valence-electron chi connectivity index (χ3n) is 4.31. The van der Waals surface area contributed by atoms with Crippen molar-refractivity contribution in [1.29, 1.82) is 0 Å². The lowest BCUT2D eigenvalue weighted by molar-refractivity contribution is 0.392. The van der Waals surface area contributed by atoms with E-state index < -0.39 is 0 Å². The number of aromatic nitrogens is 2. The Bertz CT molecular complexity index is 944. The smallest absolute Gasteiger partial charge is 0.279 e. The van der Waals surface area contributed by atoms with Crippen molar-refractivity contribution >= 4 is 10.9 Å². The lowest BCUT2D eigenvalue weighted by atomic mass is 9.96. The summed E-state index contributed by atoms with van der Waals surface area (Å²) in [6.07, 6.45) is 0.521. The Labute approximate surface area is 145 Å². The normalized spacial score (nSPS) is 12.1. The van der Waals surface area contributed by atoms with Gasteiger partial charge >= 0.3 is 0 Å². The second-order valence-electron chi connectivity index (χ2n) is 5.97. The van der Waals surface area contributed by atoms with Crippen LogP contribution in [0.15, 0.2) is 47.3 Å². The standard InChI is InChI=1S/C19H21N3O3/c1-12(13-9-14(24-2)11-15(10-13)25-3)8-18-21-17-7-5-4-6-16(17)19(23)22(18)20/h4-7,9-12H,8,20H2,1-3H3. The average molecular weight is 339 g/mol. The Morgan fingerprint density at radius 2 is 1.76 bits per heavy atom. The first-order valence-electron chi connectivity index (χ1n) is 8.02. The van der Waals surface area contributed by atoms with Crippen LogP contribution in [0.3, 0.4) is 0 Å². The van der Waals surface area contributed by atoms with Crippen LogP contribution in [0.5, 0.6) is 11.5 Å². The van der Waals surface area contributed by atoms with Gasteiger partial charge < -0.3 is 15.3 Å². The number of methoxy groups -OCH3 is 2. The van der Waals surface area contributed by atoms with E-state index in [1.54, 1.807) is 26.4 Å². The average Bonchev–Trinajstić information content (AvgIpc) is 2.65. The molecule has 0 fully saturated rings. The molecule has 0 spiro atoms. The van der Waals surface area contributed by atoms with Gasteiger partial charge in [0.15, 0.2) is 0 Å². The molecule has 1 unspecified atom stereocenters. The molecule has 0 saturated carbocycles. The molecular weight excluding hydrogens is 318 g/mol. The van der Waals surface area contributed by atoms with Crippen LogP contribution in [0.2, 0.25) is 0 Å². The highest BCUT2D eigenvalue weighted by Gasteiger charge is 2.15. The van der Waals surface area contributed by atoms with Gasteiger partial charge in [0.1, 0.15) is 17.3 Å². The Kier molecular flexibility index (Phi) is 4.61. The third kappa shape index (κ3) is 3.28. The van der Waals surface area contributed by atoms with Crippen molar-refractivity contribution in [3.8, 4) is 11.5 Å². The number of nitrogen functional groups attached to an aromatic ring is 1. The van der Waals surface area contributed by atoms with Crippen molar-refractivity contribution < 1.29 is 9.47 Å². The summed E-state index contributed by atoms with van der Waals surface area (Å²) in [7, 11) is 3.23. The molecular formula is C19H21N3O3. The molecule has 6 nitrogen and oxygen atoms in total. The van der Waals surface area contributed by atoms with Crippen molar-refractivity contribution in [1.82, 2.24) is 9.66 Å². The van der Waals surface area contributed by atoms with Crippen LogP contribution in [0.1, 0.15) is 24.2 Å². The van der Waals surface area contributed by atoms with Gasteiger partial charge in [-0.3, -0.25) is 4.79 Å². The summed E-state index contributed by atoms with van der Waals surface area (Å²) in [6.45, 7) is 2.05. The SMILES string of the molecule is COc1cc(OC)cc(C(C)Cc2nc3ccccc3c(=O)n2N)c1. The number of fused-ring (bicyclic) bond motifs is 1. The van der Waals surface area contributed by atoms with E-state index in [1.807, 2.05) is 30.3 Å². The predicted molar refractivity (Wildman–Crippen MR) is 97.8 cm³/mol. The topological polar surface area (TPSA) is 79.4 Å². The highest BCUT2D eigenvalue weighted by molar-refractivity contribution is 5.77. The molecule has 0 aliphatic carbocycles. The van der Waals surface area contributed by atoms with E-state index in [2.05, 4.69) is 11.9 Å². The minimum absolute atomic E-state index is 0.0758. The molecule has 0 aliphatic heterocycles. The highest BCUT2D eigenvalue weighted by atomic mass is 16.5. The zero-order chi connectivity index (χ0) is 18.0. The Morgan fingerprint density at radius 1 is 1.12 bits per heavy atom. The number of nitrogens with zero attached hydrogens (tertiary/aromatic N) is 2. The molecule has 0 bridgehead atoms. The quantitative estimate of drug-likeness (QED) is 0.723. The van der Waals surface area contributed by atoms with Gasteiger partial charge in [-0.15, -0.1) is 0 Å². The van der Waals surface area contributed by atoms with Crippen molar-refractivity contribution in [2.75, 3.05) is 20.1 Å². The molecule has 6 heteroatoms. The molecule has 2 N–H and O–H groups in total. The summed E-state index contributed by atoms with van der Waals surface area (Å²) >= 11 is 0. The molecule has 3 rings (SSSR count). The van der Waals surface area contributed by atoms with Crippen LogP contribution in [-0.2, 0) is 6.42 Å². The van der Waals surface area contributed by atoms with Crippen LogP contribution in [0.4, 0.5) is 0 Å². The molecule has 130 valence electrons. The maximum absolute atomic E-state index is 12.4. The Hall–Kier alpha value is -3.02. The summed E-state index contributed by atoms with van der Waals surface area (Å²) in [5, 5.41) is 0.518. The lowest BCUT2D eigenvalue weighted by Gasteiger charge is -2.16. The molecule has 0 amide bonds. The summed E-state index contributed by atoms with van der Waals surface area (Å²) in [5.74, 6) is 8.04. The van der Waals surface area contributed by atoms with Gasteiger partial charge in [0.25, 0.3) is 5.56 Å². The highest BCUT2D eigenvalue weighted by Crippen LogP contribution is 2.28. The van der Waals surface area contributed by atoms with Crippen molar-refractivity contribution in [3.05, 3.63) is 64.2 Å². The molecule has 1 aromatic heterocycles. The van der Waals surface area contributed by atoms with Crippen molar-refractivity contribution in [3.63, 3.8) is 0 Å². The zero-order valence-corrected chi connectivity index (χ0v) is 14.5. The predicted octanol–water partition coefficient (Wildman–Crippen LogP) is 2.47. The summed E-state index contributed by atoms with van der Waals surface area (Å²) in [6, 6.07) is 12.9. The van der Waals surface area contributed by atoms with E-state index in [4.69, 9.17) is 15.3 Å². The number of rotatable bonds is 5. The van der Waals surface area contributed by atoms with E-state index in [1.165, 1.54) is 0 Å². The Morgan fingerprint density at radius 3 is 2.40 bits per heavy atom. The maximum Gasteiger partial charge on any atom is 0.279 e. The summed E-state index contributed by atoms with van der Waals surface area (Å²) in [5.41, 5.74) is 1.44. The first-order valence-corrected chi connectivity index (χ1v) is 8.02. The molecule has 0 aliphatic rings. The molecule has 1 heterocycles. The second-order valence-corrected chi connectivity index (χ2v) is 5.97. The van der Waals surface area contributed by atoms with E-state index >= 15 is 0 Å². The number of benzene rings is 2. The van der Waals surface area contributed by atoms with Crippen LogP contribution in [-0.4, -0.2) is 23.9 Å². The largest absolute Gasteiger partial charge is 0.497 e. The first kappa shape index (κ1) is 16.8. The van der Waals surface area contributed by atoms with Crippen LogP contribution >= 0.6 is 0 Å². The van der Waals surface area contributed by atoms with Crippen LogP contribution in [0, 0.1) is 0 Å². The number of hydrogen-bond acceptors (Lipinski definition) is 5. The molecule has 0 saturated heterocycles. The molecule has 2 aromatic carbocycles. The summed E-state index contributed by atoms with van der Waals surface area (Å²) in [4.78, 5) is 17.0. The lowest BCUT2D eigenvalue weighted by Crippen LogP contribution is -2.32. The minimum Gasteiger partial charge on any atom is -0.497 e. The molecule has 1 atom stereocenters. The first-order chi connectivity index (χ1) is 12.0. The van der Waals surface area contributed by atoms with Gasteiger partial charge in [-0.05, 0) is 35.7 Å². The Balaban J connectivity index is 1.98. The fraction of sp³-hybridized carbons (Fsp3) is 0.263. The number of nitrogens with two attached hydrogens (primary N) is 1. The molecule has 25 heavy (non-hydrogen) atoms. The van der Waals surface area contributed by atoms with E-state index in [0.29, 0.717) is 23.1 Å². The second kappa shape index (κ2) is 6.84. The molecule has 3 aromatic rings. The van der Waals surface area contributed by atoms with Gasteiger partial charge in [-0.25, -0.2) is 9.66 Å². The third-order valence-corrected chi connectivity index (χ3v) is 4.31. The van der Waals surface area contributed by atoms with Gasteiger partial charge in [-0.2, -0.15) is 0 Å². The van der Waals surface area contributed by atoms with E-state index in [-0.39, 0.29) is 11.5 Å². The minimum atomic E-state index is -0.240. The fourth-order valence-electron chi connectivity index (χ4n) is 2.84. The van der Waals surface area contributed by atoms with Crippen molar-refractivity contribution in [2.24, 2.45) is 0 Å². The van der Waals surface area contributed by atoms with Gasteiger partial charge in [0.2, 0.25) is 0 Å². The number of hydrogen-bond donors (Lipinski definition) is 1. The van der Waals surface area contributed by atoms with Crippen LogP contribution in [0.25, 0.3) is 10.9 Å². The van der Waals surface area contributed by atoms with Gasteiger partial charge in [-0.1, -0.05) is 19.1 Å². The summed E-state index contributed by atoms with van der Waals surface area (Å²) < 4.78 is 11.8. The van der Waals surface area contributed by atoms with Crippen molar-refractivity contribution in [2.45, 2.75) is 19.3 Å². The number of ether oxygens (including phenoxy) is 2. The van der Waals surface area contributed by atoms with Gasteiger partial charge in [0, 0.05) is 12.5 Å². The fourth-order valence-corrected chi connectivity index (χ4v) is 2.84. The number of para-hydroxylation sites is 1. The van der Waals surface area contributed by atoms with Gasteiger partial charge in [0.05, 0.1) is 25.1 Å². The van der Waals surface area contributed by atoms with E-state index in [9.17, 15) is 4.79 Å². The van der Waals surface area contributed by atoms with Crippen LogP contribution < -0.4 is 20.9 Å². The molecule has 0 radical (unpaired) electrons.